The van der Waals surface area contributed by atoms with E-state index in [1.54, 1.807) is 23.6 Å². The normalized spacial score (nSPS) is 27.6. The average Bonchev–Trinajstić information content (AvgIpc) is 3.22. The van der Waals surface area contributed by atoms with Gasteiger partial charge in [0, 0.05) is 13.2 Å². The van der Waals surface area contributed by atoms with Gasteiger partial charge in [0.15, 0.2) is 12.0 Å². The Morgan fingerprint density at radius 3 is 2.75 bits per heavy atom. The molecular weight excluding hydrogens is 363 g/mol. The lowest BCUT2D eigenvalue weighted by Crippen LogP contribution is -2.38. The van der Waals surface area contributed by atoms with Crippen molar-refractivity contribution in [1.29, 1.82) is 0 Å². The van der Waals surface area contributed by atoms with Crippen molar-refractivity contribution in [2.24, 2.45) is 0 Å². The molecule has 0 saturated carbocycles. The van der Waals surface area contributed by atoms with E-state index in [0.717, 1.165) is 25.7 Å². The average molecular weight is 394 g/mol. The Balaban J connectivity index is 1.85. The molecule has 1 aliphatic rings. The number of hydrogen-bond donors (Lipinski definition) is 1. The summed E-state index contributed by atoms with van der Waals surface area (Å²) >= 11 is 0. The first-order valence-corrected chi connectivity index (χ1v) is 10.1. The van der Waals surface area contributed by atoms with Crippen LogP contribution in [-0.2, 0) is 19.8 Å². The monoisotopic (exact) mass is 394 g/mol. The predicted molar refractivity (Wildman–Crippen MR) is 105 cm³/mol. The van der Waals surface area contributed by atoms with Crippen molar-refractivity contribution in [3.05, 3.63) is 24.2 Å². The lowest BCUT2D eigenvalue weighted by molar-refractivity contribution is -0.0951. The number of nitrogens with zero attached hydrogens (tertiary/aromatic N) is 3. The fraction of sp³-hybridized carbons (Fsp3) is 0.700. The van der Waals surface area contributed by atoms with Crippen molar-refractivity contribution in [1.82, 2.24) is 14.6 Å². The lowest BCUT2D eigenvalue weighted by atomic mass is 9.94. The topological polar surface area (TPSA) is 83.9 Å². The molecule has 28 heavy (non-hydrogen) atoms. The maximum Gasteiger partial charge on any atom is 0.163 e. The number of nitrogen functional groups attached to an aromatic ring is 1. The first-order valence-electron chi connectivity index (χ1n) is 10.1. The van der Waals surface area contributed by atoms with Crippen LogP contribution in [0.3, 0.4) is 0 Å². The zero-order valence-corrected chi connectivity index (χ0v) is 16.9. The van der Waals surface area contributed by atoms with Crippen LogP contribution in [0.2, 0.25) is 0 Å². The molecule has 4 atom stereocenters. The number of halogens is 1. The van der Waals surface area contributed by atoms with Crippen LogP contribution >= 0.6 is 0 Å². The molecule has 0 aromatic carbocycles. The fourth-order valence-corrected chi connectivity index (χ4v) is 3.61. The summed E-state index contributed by atoms with van der Waals surface area (Å²) in [6.07, 6.45) is 2.69. The quantitative estimate of drug-likeness (QED) is 0.623. The maximum absolute atomic E-state index is 15.7. The van der Waals surface area contributed by atoms with E-state index in [1.165, 1.54) is 6.33 Å². The molecule has 3 rings (SSSR count). The molecule has 2 N–H and O–H groups in total. The minimum Gasteiger partial charge on any atom is -0.382 e. The Morgan fingerprint density at radius 2 is 2.00 bits per heavy atom. The van der Waals surface area contributed by atoms with Gasteiger partial charge >= 0.3 is 0 Å². The Bertz CT molecular complexity index is 771. The Kier molecular flexibility index (Phi) is 6.85. The molecule has 0 bridgehead atoms. The maximum atomic E-state index is 15.7. The van der Waals surface area contributed by atoms with Crippen molar-refractivity contribution in [2.45, 2.75) is 70.4 Å². The number of ether oxygens (including phenoxy) is 3. The van der Waals surface area contributed by atoms with Gasteiger partial charge in [0.1, 0.15) is 29.7 Å². The van der Waals surface area contributed by atoms with Crippen molar-refractivity contribution < 1.29 is 18.6 Å². The SMILES string of the molecule is CCCCOC[C@H]1OC(C)(c2ccc3c(N)ncnn23)[C@H](F)[C@@H]1OCCCC. The summed E-state index contributed by atoms with van der Waals surface area (Å²) in [5, 5.41) is 4.25. The van der Waals surface area contributed by atoms with Gasteiger partial charge in [-0.15, -0.1) is 0 Å². The van der Waals surface area contributed by atoms with Crippen LogP contribution in [0.5, 0.6) is 0 Å². The summed E-state index contributed by atoms with van der Waals surface area (Å²) in [5.41, 5.74) is 5.92. The number of aromatic nitrogens is 3. The molecule has 2 aromatic heterocycles. The highest BCUT2D eigenvalue weighted by molar-refractivity contribution is 5.65. The zero-order valence-electron chi connectivity index (χ0n) is 16.9. The third-order valence-electron chi connectivity index (χ3n) is 5.30. The third kappa shape index (κ3) is 3.99. The third-order valence-corrected chi connectivity index (χ3v) is 5.30. The van der Waals surface area contributed by atoms with E-state index in [0.29, 0.717) is 36.8 Å². The number of nitrogens with two attached hydrogens (primary N) is 1. The van der Waals surface area contributed by atoms with Gasteiger partial charge in [-0.2, -0.15) is 5.10 Å². The predicted octanol–water partition coefficient (Wildman–Crippen LogP) is 3.27. The van der Waals surface area contributed by atoms with Gasteiger partial charge in [-0.3, -0.25) is 0 Å². The molecule has 7 nitrogen and oxygen atoms in total. The summed E-state index contributed by atoms with van der Waals surface area (Å²) in [5.74, 6) is 0.341. The molecule has 0 aliphatic carbocycles. The Morgan fingerprint density at radius 1 is 1.25 bits per heavy atom. The molecule has 1 unspecified atom stereocenters. The van der Waals surface area contributed by atoms with Crippen LogP contribution in [0.4, 0.5) is 10.2 Å². The van der Waals surface area contributed by atoms with Crippen LogP contribution in [-0.4, -0.2) is 52.8 Å². The van der Waals surface area contributed by atoms with Gasteiger partial charge in [-0.25, -0.2) is 13.9 Å². The van der Waals surface area contributed by atoms with Crippen molar-refractivity contribution in [3.8, 4) is 0 Å². The van der Waals surface area contributed by atoms with E-state index >= 15 is 4.39 Å². The number of anilines is 1. The zero-order chi connectivity index (χ0) is 20.1. The van der Waals surface area contributed by atoms with Crippen molar-refractivity contribution in [2.75, 3.05) is 25.6 Å². The fourth-order valence-electron chi connectivity index (χ4n) is 3.61. The highest BCUT2D eigenvalue weighted by Gasteiger charge is 2.56. The highest BCUT2D eigenvalue weighted by Crippen LogP contribution is 2.43. The lowest BCUT2D eigenvalue weighted by Gasteiger charge is -2.26. The molecule has 0 spiro atoms. The summed E-state index contributed by atoms with van der Waals surface area (Å²) in [7, 11) is 0. The summed E-state index contributed by atoms with van der Waals surface area (Å²) in [4.78, 5) is 3.99. The van der Waals surface area contributed by atoms with Crippen LogP contribution in [0.15, 0.2) is 18.5 Å². The number of rotatable bonds is 10. The molecular formula is C20H31FN4O3. The van der Waals surface area contributed by atoms with Crippen molar-refractivity contribution >= 4 is 11.3 Å². The number of alkyl halides is 1. The first-order chi connectivity index (χ1) is 13.5. The van der Waals surface area contributed by atoms with Gasteiger partial charge in [0.2, 0.25) is 0 Å². The van der Waals surface area contributed by atoms with E-state index in [-0.39, 0.29) is 0 Å². The molecule has 0 radical (unpaired) electrons. The molecule has 0 amide bonds. The molecule has 3 heterocycles. The summed E-state index contributed by atoms with van der Waals surface area (Å²) < 4.78 is 35.2. The van der Waals surface area contributed by atoms with Gasteiger partial charge in [0.25, 0.3) is 0 Å². The van der Waals surface area contributed by atoms with Gasteiger partial charge < -0.3 is 19.9 Å². The minimum absolute atomic E-state index is 0.299. The molecule has 156 valence electrons. The van der Waals surface area contributed by atoms with Crippen molar-refractivity contribution in [3.63, 3.8) is 0 Å². The van der Waals surface area contributed by atoms with E-state index in [4.69, 9.17) is 19.9 Å². The first kappa shape index (κ1) is 21.0. The standard InChI is InChI=1S/C20H31FN4O3/c1-4-6-10-26-12-15-17(27-11-7-5-2)18(21)20(3,28-15)16-9-8-14-19(22)23-13-24-25(14)16/h8-9,13,15,17-18H,4-7,10-12H2,1-3H3,(H2,22,23,24)/t15-,17-,18-,20?/m1/s1. The second kappa shape index (κ2) is 9.15. The minimum atomic E-state index is -1.36. The van der Waals surface area contributed by atoms with E-state index in [1.807, 2.05) is 0 Å². The Labute approximate surface area is 165 Å². The number of hydrogen-bond acceptors (Lipinski definition) is 6. The highest BCUT2D eigenvalue weighted by atomic mass is 19.1. The van der Waals surface area contributed by atoms with Crippen LogP contribution in [0.1, 0.15) is 52.1 Å². The van der Waals surface area contributed by atoms with E-state index < -0.39 is 24.0 Å². The van der Waals surface area contributed by atoms with Crippen LogP contribution in [0, 0.1) is 0 Å². The number of unbranched alkanes of at least 4 members (excludes halogenated alkanes) is 2. The van der Waals surface area contributed by atoms with Crippen LogP contribution in [0.25, 0.3) is 5.52 Å². The van der Waals surface area contributed by atoms with Gasteiger partial charge in [-0.1, -0.05) is 26.7 Å². The Hall–Kier alpha value is -1.77. The summed E-state index contributed by atoms with van der Waals surface area (Å²) in [6, 6.07) is 3.57. The largest absolute Gasteiger partial charge is 0.382 e. The van der Waals surface area contributed by atoms with Gasteiger partial charge in [0.05, 0.1) is 12.3 Å². The van der Waals surface area contributed by atoms with E-state index in [9.17, 15) is 0 Å². The molecule has 1 saturated heterocycles. The number of fused-ring (bicyclic) bond motifs is 1. The molecule has 1 fully saturated rings. The molecule has 8 heteroatoms. The van der Waals surface area contributed by atoms with E-state index in [2.05, 4.69) is 23.9 Å². The van der Waals surface area contributed by atoms with Gasteiger partial charge in [-0.05, 0) is 31.9 Å². The molecule has 1 aliphatic heterocycles. The second-order valence-corrected chi connectivity index (χ2v) is 7.44. The smallest absolute Gasteiger partial charge is 0.163 e. The molecule has 2 aromatic rings. The second-order valence-electron chi connectivity index (χ2n) is 7.44. The van der Waals surface area contributed by atoms with Crippen LogP contribution < -0.4 is 5.73 Å². The summed E-state index contributed by atoms with van der Waals surface area (Å²) in [6.45, 7) is 7.34.